The van der Waals surface area contributed by atoms with Crippen molar-refractivity contribution < 1.29 is 0 Å². The summed E-state index contributed by atoms with van der Waals surface area (Å²) in [5.41, 5.74) is 15.0. The van der Waals surface area contributed by atoms with Gasteiger partial charge in [0.15, 0.2) is 0 Å². The van der Waals surface area contributed by atoms with Crippen LogP contribution in [-0.2, 0) is 0 Å². The van der Waals surface area contributed by atoms with Crippen LogP contribution in [0.4, 0.5) is 34.1 Å². The van der Waals surface area contributed by atoms with E-state index in [2.05, 4.69) is 299 Å². The first-order valence-corrected chi connectivity index (χ1v) is 25.8. The third-order valence-electron chi connectivity index (χ3n) is 15.4. The third kappa shape index (κ3) is 7.12. The smallest absolute Gasteiger partial charge is 0.0547 e. The molecule has 0 N–H and O–H groups in total. The van der Waals surface area contributed by atoms with Gasteiger partial charge in [-0.25, -0.2) is 0 Å². The van der Waals surface area contributed by atoms with Crippen molar-refractivity contribution in [3.8, 4) is 27.9 Å². The highest BCUT2D eigenvalue weighted by Crippen LogP contribution is 2.47. The van der Waals surface area contributed by atoms with Crippen molar-refractivity contribution >= 4 is 110 Å². The average Bonchev–Trinajstić information content (AvgIpc) is 3.82. The van der Waals surface area contributed by atoms with E-state index in [1.54, 1.807) is 0 Å². The van der Waals surface area contributed by atoms with Crippen LogP contribution in [0.15, 0.2) is 285 Å². The van der Waals surface area contributed by atoms with E-state index in [0.717, 1.165) is 45.4 Å². The summed E-state index contributed by atoms with van der Waals surface area (Å²) in [6.45, 7) is 0. The maximum atomic E-state index is 2.46. The number of hydrogen-bond donors (Lipinski definition) is 0. The van der Waals surface area contributed by atoms with Crippen LogP contribution in [0.5, 0.6) is 0 Å². The lowest BCUT2D eigenvalue weighted by Crippen LogP contribution is -2.10. The Hall–Kier alpha value is -9.96. The molecule has 1 heterocycles. The lowest BCUT2D eigenvalue weighted by molar-refractivity contribution is 1.18. The Bertz CT molecular complexity index is 4520. The molecule has 3 nitrogen and oxygen atoms in total. The van der Waals surface area contributed by atoms with E-state index in [0.29, 0.717) is 0 Å². The van der Waals surface area contributed by atoms with E-state index in [-0.39, 0.29) is 0 Å². The number of hydrogen-bond acceptors (Lipinski definition) is 2. The van der Waals surface area contributed by atoms with Gasteiger partial charge in [0.1, 0.15) is 0 Å². The summed E-state index contributed by atoms with van der Waals surface area (Å²) < 4.78 is 2.46. The van der Waals surface area contributed by atoms with Gasteiger partial charge in [0.05, 0.1) is 16.7 Å². The molecular weight excluding hydrogens is 907 g/mol. The Morgan fingerprint density at radius 3 is 1.28 bits per heavy atom. The van der Waals surface area contributed by atoms with Crippen molar-refractivity contribution in [3.05, 3.63) is 285 Å². The van der Waals surface area contributed by atoms with Gasteiger partial charge in [-0.2, -0.15) is 0 Å². The number of fused-ring (bicyclic) bond motifs is 5. The van der Waals surface area contributed by atoms with Gasteiger partial charge in [-0.05, 0) is 162 Å². The monoisotopic (exact) mass is 953 g/mol. The summed E-state index contributed by atoms with van der Waals surface area (Å²) in [4.78, 5) is 4.76. The summed E-state index contributed by atoms with van der Waals surface area (Å²) in [7, 11) is 0. The highest BCUT2D eigenvalue weighted by Gasteiger charge is 2.21. The van der Waals surface area contributed by atoms with Crippen LogP contribution in [-0.4, -0.2) is 4.57 Å². The third-order valence-corrected chi connectivity index (χ3v) is 15.4. The van der Waals surface area contributed by atoms with Gasteiger partial charge in [-0.3, -0.25) is 0 Å². The van der Waals surface area contributed by atoms with Crippen molar-refractivity contribution in [1.82, 2.24) is 4.57 Å². The SMILES string of the molecule is c1ccc(N(c2ccccc2)c2ccc3ccc4c(-c5ccc6c7ccc(-c8ccc(N(c9ccc%10ccccc%10c9)c9ccc%10ccccc%10c9)cc8)cc7n(-c7ccccc7)c6c5)ccc5ccc2c3c54)cc1. The minimum atomic E-state index is 1.10. The Kier molecular flexibility index (Phi) is 9.89. The second kappa shape index (κ2) is 17.4. The Morgan fingerprint density at radius 2 is 0.667 bits per heavy atom. The van der Waals surface area contributed by atoms with Gasteiger partial charge in [0, 0.05) is 50.3 Å². The quantitative estimate of drug-likeness (QED) is 0.134. The van der Waals surface area contributed by atoms with Crippen molar-refractivity contribution in [2.45, 2.75) is 0 Å². The molecule has 0 aliphatic carbocycles. The summed E-state index contributed by atoms with van der Waals surface area (Å²) in [6.07, 6.45) is 0. The lowest BCUT2D eigenvalue weighted by Gasteiger charge is -2.27. The average molecular weight is 954 g/mol. The fourth-order valence-electron chi connectivity index (χ4n) is 11.9. The molecule has 0 aliphatic rings. The van der Waals surface area contributed by atoms with Crippen molar-refractivity contribution in [3.63, 3.8) is 0 Å². The topological polar surface area (TPSA) is 11.4 Å². The maximum Gasteiger partial charge on any atom is 0.0547 e. The predicted molar refractivity (Wildman–Crippen MR) is 320 cm³/mol. The lowest BCUT2D eigenvalue weighted by atomic mass is 9.89. The number of rotatable bonds is 9. The molecule has 0 fully saturated rings. The van der Waals surface area contributed by atoms with Gasteiger partial charge in [0.2, 0.25) is 0 Å². The molecule has 1 aromatic heterocycles. The summed E-state index contributed by atoms with van der Waals surface area (Å²) >= 11 is 0. The van der Waals surface area contributed by atoms with Crippen LogP contribution in [0.25, 0.3) is 104 Å². The van der Waals surface area contributed by atoms with E-state index in [1.165, 1.54) is 92.4 Å². The van der Waals surface area contributed by atoms with Gasteiger partial charge in [0.25, 0.3) is 0 Å². The number of anilines is 6. The Morgan fingerprint density at radius 1 is 0.240 bits per heavy atom. The second-order valence-electron chi connectivity index (χ2n) is 19.7. The van der Waals surface area contributed by atoms with E-state index < -0.39 is 0 Å². The Balaban J connectivity index is 0.852. The van der Waals surface area contributed by atoms with E-state index in [4.69, 9.17) is 0 Å². The molecule has 0 unspecified atom stereocenters. The van der Waals surface area contributed by atoms with Crippen LogP contribution < -0.4 is 9.80 Å². The number of aromatic nitrogens is 1. The van der Waals surface area contributed by atoms with Gasteiger partial charge < -0.3 is 14.4 Å². The zero-order chi connectivity index (χ0) is 49.4. The largest absolute Gasteiger partial charge is 0.310 e. The summed E-state index contributed by atoms with van der Waals surface area (Å²) in [6, 6.07) is 105. The molecule has 15 rings (SSSR count). The van der Waals surface area contributed by atoms with Crippen LogP contribution in [0.2, 0.25) is 0 Å². The van der Waals surface area contributed by atoms with E-state index in [1.807, 2.05) is 0 Å². The van der Waals surface area contributed by atoms with Gasteiger partial charge in [-0.1, -0.05) is 194 Å². The molecule has 0 amide bonds. The van der Waals surface area contributed by atoms with Crippen LogP contribution in [0.3, 0.4) is 0 Å². The molecule has 0 bridgehead atoms. The van der Waals surface area contributed by atoms with Crippen molar-refractivity contribution in [2.75, 3.05) is 9.80 Å². The molecule has 0 aliphatic heterocycles. The van der Waals surface area contributed by atoms with Crippen LogP contribution in [0, 0.1) is 0 Å². The normalized spacial score (nSPS) is 11.7. The summed E-state index contributed by atoms with van der Waals surface area (Å²) in [5.74, 6) is 0. The zero-order valence-electron chi connectivity index (χ0n) is 41.0. The second-order valence-corrected chi connectivity index (χ2v) is 19.7. The highest BCUT2D eigenvalue weighted by molar-refractivity contribution is 6.28. The molecular formula is C72H47N3. The first-order chi connectivity index (χ1) is 37.2. The molecule has 14 aromatic carbocycles. The van der Waals surface area contributed by atoms with Crippen molar-refractivity contribution in [1.29, 1.82) is 0 Å². The number of nitrogens with zero attached hydrogens (tertiary/aromatic N) is 3. The fourth-order valence-corrected chi connectivity index (χ4v) is 11.9. The zero-order valence-corrected chi connectivity index (χ0v) is 41.0. The first-order valence-electron chi connectivity index (χ1n) is 25.8. The molecule has 0 saturated carbocycles. The van der Waals surface area contributed by atoms with E-state index >= 15 is 0 Å². The maximum absolute atomic E-state index is 2.46. The molecule has 350 valence electrons. The molecule has 3 heteroatoms. The molecule has 0 saturated heterocycles. The Labute approximate surface area is 435 Å². The number of para-hydroxylation sites is 3. The first kappa shape index (κ1) is 42.7. The molecule has 0 spiro atoms. The van der Waals surface area contributed by atoms with E-state index in [9.17, 15) is 0 Å². The summed E-state index contributed by atoms with van der Waals surface area (Å²) in [5, 5.41) is 14.9. The predicted octanol–water partition coefficient (Wildman–Crippen LogP) is 20.3. The standard InChI is InChI=1S/C72H47N3/c1-4-18-57(19-5-1)74(58-20-6-2-7-21-58)68-43-33-52-29-41-66-63(38-28-51-30-42-67(68)72(52)71(51)66)56-32-40-65-64-39-31-55(46-69(64)75(70(65)47-56)59-22-8-3-9-23-59)50-24-34-60(35-25-50)73(61-36-26-48-14-10-12-16-53(48)44-61)62-37-27-49-15-11-13-17-54(49)45-62/h1-47H. The molecule has 0 radical (unpaired) electrons. The number of benzene rings is 14. The molecule has 15 aromatic rings. The van der Waals surface area contributed by atoms with Gasteiger partial charge >= 0.3 is 0 Å². The van der Waals surface area contributed by atoms with Crippen molar-refractivity contribution in [2.24, 2.45) is 0 Å². The fraction of sp³-hybridized carbons (Fsp3) is 0. The van der Waals surface area contributed by atoms with Crippen LogP contribution >= 0.6 is 0 Å². The molecule has 0 atom stereocenters. The highest BCUT2D eigenvalue weighted by atomic mass is 15.1. The molecule has 75 heavy (non-hydrogen) atoms. The minimum Gasteiger partial charge on any atom is -0.310 e. The minimum absolute atomic E-state index is 1.10. The van der Waals surface area contributed by atoms with Crippen LogP contribution in [0.1, 0.15) is 0 Å². The van der Waals surface area contributed by atoms with Gasteiger partial charge in [-0.15, -0.1) is 0 Å².